The Morgan fingerprint density at radius 3 is 2.58 bits per heavy atom. The van der Waals surface area contributed by atoms with Crippen molar-refractivity contribution in [1.82, 2.24) is 10.3 Å². The van der Waals surface area contributed by atoms with Crippen LogP contribution in [0.25, 0.3) is 10.9 Å². The van der Waals surface area contributed by atoms with Gasteiger partial charge in [0.25, 0.3) is 0 Å². The number of piperazine rings is 1. The number of halogens is 1. The van der Waals surface area contributed by atoms with Crippen molar-refractivity contribution in [1.29, 1.82) is 0 Å². The third-order valence-electron chi connectivity index (χ3n) is 3.68. The van der Waals surface area contributed by atoms with Crippen molar-refractivity contribution in [3.8, 4) is 0 Å². The average molecular weight is 276 g/mol. The molecule has 19 heavy (non-hydrogen) atoms. The number of anilines is 1. The largest absolute Gasteiger partial charge is 0.354 e. The first-order valence-electron chi connectivity index (χ1n) is 6.68. The molecular formula is C15H18ClN3. The highest BCUT2D eigenvalue weighted by atomic mass is 35.5. The van der Waals surface area contributed by atoms with E-state index in [1.165, 1.54) is 5.56 Å². The Kier molecular flexibility index (Phi) is 3.33. The molecule has 3 nitrogen and oxygen atoms in total. The molecular weight excluding hydrogens is 258 g/mol. The molecule has 0 saturated carbocycles. The van der Waals surface area contributed by atoms with Crippen LogP contribution in [-0.4, -0.2) is 31.2 Å². The maximum absolute atomic E-state index is 6.18. The lowest BCUT2D eigenvalue weighted by atomic mass is 10.1. The number of benzene rings is 1. The third-order valence-corrected chi connectivity index (χ3v) is 4.08. The summed E-state index contributed by atoms with van der Waals surface area (Å²) in [6.07, 6.45) is 0. The minimum atomic E-state index is 0.809. The second kappa shape index (κ2) is 4.99. The third kappa shape index (κ3) is 2.40. The molecule has 0 amide bonds. The van der Waals surface area contributed by atoms with Crippen LogP contribution in [0.15, 0.2) is 18.2 Å². The van der Waals surface area contributed by atoms with Crippen LogP contribution in [0.3, 0.4) is 0 Å². The number of aryl methyl sites for hydroxylation is 2. The van der Waals surface area contributed by atoms with Gasteiger partial charge in [0.1, 0.15) is 5.82 Å². The predicted molar refractivity (Wildman–Crippen MR) is 81.3 cm³/mol. The number of fused-ring (bicyclic) bond motifs is 1. The number of hydrogen-bond donors (Lipinski definition) is 1. The number of hydrogen-bond acceptors (Lipinski definition) is 3. The van der Waals surface area contributed by atoms with Gasteiger partial charge in [0.2, 0.25) is 0 Å². The van der Waals surface area contributed by atoms with Crippen LogP contribution in [0.5, 0.6) is 0 Å². The van der Waals surface area contributed by atoms with Gasteiger partial charge in [-0.3, -0.25) is 0 Å². The predicted octanol–water partition coefficient (Wildman–Crippen LogP) is 2.91. The minimum absolute atomic E-state index is 0.809. The van der Waals surface area contributed by atoms with Gasteiger partial charge in [0.15, 0.2) is 0 Å². The van der Waals surface area contributed by atoms with E-state index < -0.39 is 0 Å². The molecule has 1 saturated heterocycles. The Morgan fingerprint density at radius 1 is 1.11 bits per heavy atom. The lowest BCUT2D eigenvalue weighted by molar-refractivity contribution is 0.584. The fourth-order valence-corrected chi connectivity index (χ4v) is 2.76. The molecule has 1 aliphatic heterocycles. The molecule has 0 aliphatic carbocycles. The summed E-state index contributed by atoms with van der Waals surface area (Å²) in [5, 5.41) is 5.30. The van der Waals surface area contributed by atoms with E-state index in [4.69, 9.17) is 16.6 Å². The van der Waals surface area contributed by atoms with Gasteiger partial charge in [-0.25, -0.2) is 4.98 Å². The zero-order valence-corrected chi connectivity index (χ0v) is 12.1. The molecule has 0 atom stereocenters. The summed E-state index contributed by atoms with van der Waals surface area (Å²) < 4.78 is 0. The van der Waals surface area contributed by atoms with Crippen molar-refractivity contribution in [2.45, 2.75) is 13.8 Å². The van der Waals surface area contributed by atoms with Crippen LogP contribution in [0.2, 0.25) is 5.02 Å². The van der Waals surface area contributed by atoms with Gasteiger partial charge in [-0.1, -0.05) is 11.6 Å². The SMILES string of the molecule is Cc1cc2nc(N3CCNCC3)c(C)cc2cc1Cl. The van der Waals surface area contributed by atoms with Crippen LogP contribution in [-0.2, 0) is 0 Å². The first-order chi connectivity index (χ1) is 9.15. The number of nitrogens with zero attached hydrogens (tertiary/aromatic N) is 2. The van der Waals surface area contributed by atoms with Gasteiger partial charge in [0, 0.05) is 36.6 Å². The molecule has 0 radical (unpaired) electrons. The molecule has 0 unspecified atom stereocenters. The highest BCUT2D eigenvalue weighted by molar-refractivity contribution is 6.32. The highest BCUT2D eigenvalue weighted by Crippen LogP contribution is 2.27. The van der Waals surface area contributed by atoms with Gasteiger partial charge < -0.3 is 10.2 Å². The first-order valence-corrected chi connectivity index (χ1v) is 7.06. The Hall–Kier alpha value is -1.32. The van der Waals surface area contributed by atoms with Crippen molar-refractivity contribution >= 4 is 28.3 Å². The van der Waals surface area contributed by atoms with Crippen molar-refractivity contribution < 1.29 is 0 Å². The minimum Gasteiger partial charge on any atom is -0.354 e. The Bertz CT molecular complexity index is 618. The summed E-state index contributed by atoms with van der Waals surface area (Å²) in [5.74, 6) is 1.11. The Labute approximate surface area is 118 Å². The molecule has 1 fully saturated rings. The Morgan fingerprint density at radius 2 is 1.84 bits per heavy atom. The molecule has 4 heteroatoms. The van der Waals surface area contributed by atoms with Crippen LogP contribution in [0, 0.1) is 13.8 Å². The summed E-state index contributed by atoms with van der Waals surface area (Å²) in [7, 11) is 0. The maximum atomic E-state index is 6.18. The summed E-state index contributed by atoms with van der Waals surface area (Å²) in [4.78, 5) is 7.20. The zero-order valence-electron chi connectivity index (χ0n) is 11.3. The number of rotatable bonds is 1. The van der Waals surface area contributed by atoms with Crippen LogP contribution >= 0.6 is 11.6 Å². The molecule has 3 rings (SSSR count). The van der Waals surface area contributed by atoms with Crippen LogP contribution in [0.4, 0.5) is 5.82 Å². The smallest absolute Gasteiger partial charge is 0.132 e. The lowest BCUT2D eigenvalue weighted by Gasteiger charge is -2.29. The molecule has 100 valence electrons. The highest BCUT2D eigenvalue weighted by Gasteiger charge is 2.15. The Balaban J connectivity index is 2.10. The molecule has 1 N–H and O–H groups in total. The van der Waals surface area contributed by atoms with E-state index in [0.717, 1.165) is 53.5 Å². The quantitative estimate of drug-likeness (QED) is 0.867. The second-order valence-corrected chi connectivity index (χ2v) is 5.57. The molecule has 0 spiro atoms. The summed E-state index contributed by atoms with van der Waals surface area (Å²) in [6, 6.07) is 6.27. The van der Waals surface area contributed by atoms with Crippen LogP contribution < -0.4 is 10.2 Å². The first kappa shape index (κ1) is 12.7. The molecule has 2 heterocycles. The van der Waals surface area contributed by atoms with Crippen molar-refractivity contribution in [2.75, 3.05) is 31.1 Å². The maximum Gasteiger partial charge on any atom is 0.132 e. The van der Waals surface area contributed by atoms with Crippen molar-refractivity contribution in [3.63, 3.8) is 0 Å². The second-order valence-electron chi connectivity index (χ2n) is 5.16. The van der Waals surface area contributed by atoms with Gasteiger partial charge in [-0.15, -0.1) is 0 Å². The van der Waals surface area contributed by atoms with E-state index in [0.29, 0.717) is 0 Å². The normalized spacial score (nSPS) is 16.1. The lowest BCUT2D eigenvalue weighted by Crippen LogP contribution is -2.44. The summed E-state index contributed by atoms with van der Waals surface area (Å²) in [5.41, 5.74) is 3.33. The standard InChI is InChI=1S/C15H18ClN3/c1-10-8-14-12(9-13(10)16)7-11(2)15(18-14)19-5-3-17-4-6-19/h7-9,17H,3-6H2,1-2H3. The fraction of sp³-hybridized carbons (Fsp3) is 0.400. The average Bonchev–Trinajstić information content (AvgIpc) is 2.41. The van der Waals surface area contributed by atoms with Gasteiger partial charge in [0.05, 0.1) is 5.52 Å². The zero-order chi connectivity index (χ0) is 13.4. The summed E-state index contributed by atoms with van der Waals surface area (Å²) in [6.45, 7) is 8.24. The van der Waals surface area contributed by atoms with E-state index in [9.17, 15) is 0 Å². The van der Waals surface area contributed by atoms with E-state index >= 15 is 0 Å². The van der Waals surface area contributed by atoms with E-state index in [2.05, 4.69) is 29.3 Å². The molecule has 0 bridgehead atoms. The van der Waals surface area contributed by atoms with E-state index in [1.807, 2.05) is 13.0 Å². The fourth-order valence-electron chi connectivity index (χ4n) is 2.59. The van der Waals surface area contributed by atoms with E-state index in [1.54, 1.807) is 0 Å². The van der Waals surface area contributed by atoms with Crippen molar-refractivity contribution in [3.05, 3.63) is 34.3 Å². The molecule has 2 aromatic rings. The van der Waals surface area contributed by atoms with Gasteiger partial charge in [-0.05, 0) is 43.2 Å². The topological polar surface area (TPSA) is 28.2 Å². The number of nitrogens with one attached hydrogen (secondary N) is 1. The van der Waals surface area contributed by atoms with Gasteiger partial charge >= 0.3 is 0 Å². The van der Waals surface area contributed by atoms with Crippen LogP contribution in [0.1, 0.15) is 11.1 Å². The number of pyridine rings is 1. The van der Waals surface area contributed by atoms with Crippen molar-refractivity contribution in [2.24, 2.45) is 0 Å². The van der Waals surface area contributed by atoms with E-state index in [-0.39, 0.29) is 0 Å². The summed E-state index contributed by atoms with van der Waals surface area (Å²) >= 11 is 6.18. The van der Waals surface area contributed by atoms with Gasteiger partial charge in [-0.2, -0.15) is 0 Å². The number of aromatic nitrogens is 1. The molecule has 1 aliphatic rings. The molecule has 1 aromatic heterocycles. The molecule has 1 aromatic carbocycles. The monoisotopic (exact) mass is 275 g/mol.